The molecule has 1 amide bonds. The SMILES string of the molecule is CCC(C)NC(=O)CCNc1ccc(N)c(C(=O)O)c1. The van der Waals surface area contributed by atoms with Crippen LogP contribution in [0, 0.1) is 0 Å². The summed E-state index contributed by atoms with van der Waals surface area (Å²) in [6.45, 7) is 4.39. The van der Waals surface area contributed by atoms with E-state index in [0.29, 0.717) is 18.7 Å². The van der Waals surface area contributed by atoms with E-state index in [9.17, 15) is 9.59 Å². The highest BCUT2D eigenvalue weighted by Crippen LogP contribution is 2.17. The van der Waals surface area contributed by atoms with Gasteiger partial charge in [-0.1, -0.05) is 6.92 Å². The fourth-order valence-corrected chi connectivity index (χ4v) is 1.62. The first-order valence-electron chi connectivity index (χ1n) is 6.60. The number of rotatable bonds is 7. The summed E-state index contributed by atoms with van der Waals surface area (Å²) in [6.07, 6.45) is 1.22. The van der Waals surface area contributed by atoms with Crippen LogP contribution in [0.5, 0.6) is 0 Å². The van der Waals surface area contributed by atoms with Crippen molar-refractivity contribution in [1.82, 2.24) is 5.32 Å². The molecule has 5 N–H and O–H groups in total. The number of aromatic carboxylic acids is 1. The van der Waals surface area contributed by atoms with Crippen molar-refractivity contribution < 1.29 is 14.7 Å². The standard InChI is InChI=1S/C14H21N3O3/c1-3-9(2)17-13(18)6-7-16-10-4-5-12(15)11(8-10)14(19)20/h4-5,8-9,16H,3,6-7,15H2,1-2H3,(H,17,18)(H,19,20). The summed E-state index contributed by atoms with van der Waals surface area (Å²) in [4.78, 5) is 22.5. The molecule has 0 fully saturated rings. The number of carbonyl (C=O) groups is 2. The van der Waals surface area contributed by atoms with Gasteiger partial charge in [-0.3, -0.25) is 4.79 Å². The van der Waals surface area contributed by atoms with Crippen LogP contribution in [-0.4, -0.2) is 29.6 Å². The molecule has 0 aromatic heterocycles. The Morgan fingerprint density at radius 3 is 2.70 bits per heavy atom. The zero-order valence-corrected chi connectivity index (χ0v) is 11.8. The van der Waals surface area contributed by atoms with Gasteiger partial charge in [-0.15, -0.1) is 0 Å². The van der Waals surface area contributed by atoms with E-state index < -0.39 is 5.97 Å². The Labute approximate surface area is 118 Å². The number of nitrogens with two attached hydrogens (primary N) is 1. The van der Waals surface area contributed by atoms with E-state index in [-0.39, 0.29) is 23.2 Å². The van der Waals surface area contributed by atoms with Crippen LogP contribution in [0.2, 0.25) is 0 Å². The number of carbonyl (C=O) groups excluding carboxylic acids is 1. The first-order valence-corrected chi connectivity index (χ1v) is 6.60. The second kappa shape index (κ2) is 7.37. The topological polar surface area (TPSA) is 104 Å². The maximum absolute atomic E-state index is 11.6. The monoisotopic (exact) mass is 279 g/mol. The van der Waals surface area contributed by atoms with Crippen LogP contribution in [0.4, 0.5) is 11.4 Å². The normalized spacial score (nSPS) is 11.7. The van der Waals surface area contributed by atoms with E-state index in [1.807, 2.05) is 13.8 Å². The molecule has 0 aliphatic rings. The predicted octanol–water partition coefficient (Wildman–Crippen LogP) is 1.68. The van der Waals surface area contributed by atoms with Gasteiger partial charge in [0.2, 0.25) is 5.91 Å². The molecule has 1 aromatic rings. The second-order valence-electron chi connectivity index (χ2n) is 4.66. The fraction of sp³-hybridized carbons (Fsp3) is 0.429. The van der Waals surface area contributed by atoms with E-state index in [1.165, 1.54) is 12.1 Å². The Kier molecular flexibility index (Phi) is 5.83. The number of amides is 1. The maximum Gasteiger partial charge on any atom is 0.337 e. The van der Waals surface area contributed by atoms with Gasteiger partial charge in [-0.05, 0) is 31.5 Å². The van der Waals surface area contributed by atoms with Crippen LogP contribution < -0.4 is 16.4 Å². The number of nitrogen functional groups attached to an aromatic ring is 1. The Hall–Kier alpha value is -2.24. The summed E-state index contributed by atoms with van der Waals surface area (Å²) in [5.41, 5.74) is 6.47. The van der Waals surface area contributed by atoms with Crippen molar-refractivity contribution in [3.05, 3.63) is 23.8 Å². The molecule has 1 aromatic carbocycles. The van der Waals surface area contributed by atoms with E-state index >= 15 is 0 Å². The zero-order valence-electron chi connectivity index (χ0n) is 11.8. The number of carboxylic acids is 1. The van der Waals surface area contributed by atoms with Crippen LogP contribution in [0.25, 0.3) is 0 Å². The number of hydrogen-bond donors (Lipinski definition) is 4. The second-order valence-corrected chi connectivity index (χ2v) is 4.66. The Bertz CT molecular complexity index is 489. The molecule has 0 saturated heterocycles. The molecule has 0 radical (unpaired) electrons. The van der Waals surface area contributed by atoms with Crippen LogP contribution in [0.3, 0.4) is 0 Å². The fourth-order valence-electron chi connectivity index (χ4n) is 1.62. The molecule has 0 spiro atoms. The van der Waals surface area contributed by atoms with Crippen LogP contribution in [0.15, 0.2) is 18.2 Å². The average Bonchev–Trinajstić information content (AvgIpc) is 2.40. The van der Waals surface area contributed by atoms with Gasteiger partial charge in [-0.25, -0.2) is 4.79 Å². The van der Waals surface area contributed by atoms with Gasteiger partial charge in [0.25, 0.3) is 0 Å². The molecular weight excluding hydrogens is 258 g/mol. The molecule has 6 nitrogen and oxygen atoms in total. The molecule has 1 unspecified atom stereocenters. The van der Waals surface area contributed by atoms with Gasteiger partial charge in [0.1, 0.15) is 0 Å². The van der Waals surface area contributed by atoms with Gasteiger partial charge in [0.15, 0.2) is 0 Å². The molecule has 110 valence electrons. The third-order valence-corrected chi connectivity index (χ3v) is 2.98. The molecular formula is C14H21N3O3. The Balaban J connectivity index is 2.48. The highest BCUT2D eigenvalue weighted by Gasteiger charge is 2.09. The summed E-state index contributed by atoms with van der Waals surface area (Å²) in [7, 11) is 0. The number of nitrogens with one attached hydrogen (secondary N) is 2. The van der Waals surface area contributed by atoms with E-state index in [2.05, 4.69) is 10.6 Å². The predicted molar refractivity (Wildman–Crippen MR) is 78.8 cm³/mol. The lowest BCUT2D eigenvalue weighted by Crippen LogP contribution is -2.32. The van der Waals surface area contributed by atoms with Gasteiger partial charge in [0.05, 0.1) is 5.56 Å². The minimum Gasteiger partial charge on any atom is -0.478 e. The van der Waals surface area contributed by atoms with Crippen molar-refractivity contribution in [2.45, 2.75) is 32.7 Å². The third kappa shape index (κ3) is 4.79. The molecule has 1 rings (SSSR count). The first kappa shape index (κ1) is 15.8. The molecule has 0 aliphatic heterocycles. The van der Waals surface area contributed by atoms with Crippen molar-refractivity contribution in [2.75, 3.05) is 17.6 Å². The van der Waals surface area contributed by atoms with Gasteiger partial charge < -0.3 is 21.5 Å². The van der Waals surface area contributed by atoms with Gasteiger partial charge >= 0.3 is 5.97 Å². The summed E-state index contributed by atoms with van der Waals surface area (Å²) in [5.74, 6) is -1.10. The van der Waals surface area contributed by atoms with E-state index in [4.69, 9.17) is 10.8 Å². The lowest BCUT2D eigenvalue weighted by Gasteiger charge is -2.12. The maximum atomic E-state index is 11.6. The quantitative estimate of drug-likeness (QED) is 0.568. The molecule has 0 saturated carbocycles. The summed E-state index contributed by atoms with van der Waals surface area (Å²) in [6, 6.07) is 4.85. The largest absolute Gasteiger partial charge is 0.478 e. The minimum atomic E-state index is -1.07. The van der Waals surface area contributed by atoms with E-state index in [0.717, 1.165) is 6.42 Å². The van der Waals surface area contributed by atoms with Crippen molar-refractivity contribution in [2.24, 2.45) is 0 Å². The van der Waals surface area contributed by atoms with Crippen molar-refractivity contribution in [3.8, 4) is 0 Å². The molecule has 20 heavy (non-hydrogen) atoms. The Morgan fingerprint density at radius 2 is 2.10 bits per heavy atom. The highest BCUT2D eigenvalue weighted by molar-refractivity contribution is 5.94. The zero-order chi connectivity index (χ0) is 15.1. The molecule has 0 aliphatic carbocycles. The minimum absolute atomic E-state index is 0.0271. The van der Waals surface area contributed by atoms with Gasteiger partial charge in [0, 0.05) is 30.4 Å². The summed E-state index contributed by atoms with van der Waals surface area (Å²) in [5, 5.41) is 14.8. The Morgan fingerprint density at radius 1 is 1.40 bits per heavy atom. The van der Waals surface area contributed by atoms with Crippen LogP contribution in [0.1, 0.15) is 37.0 Å². The average molecular weight is 279 g/mol. The van der Waals surface area contributed by atoms with Crippen molar-refractivity contribution >= 4 is 23.3 Å². The molecule has 0 bridgehead atoms. The van der Waals surface area contributed by atoms with Crippen LogP contribution >= 0.6 is 0 Å². The van der Waals surface area contributed by atoms with Gasteiger partial charge in [-0.2, -0.15) is 0 Å². The summed E-state index contributed by atoms with van der Waals surface area (Å²) < 4.78 is 0. The number of carboxylic acid groups (broad SMARTS) is 1. The molecule has 1 atom stereocenters. The highest BCUT2D eigenvalue weighted by atomic mass is 16.4. The lowest BCUT2D eigenvalue weighted by atomic mass is 10.1. The number of hydrogen-bond acceptors (Lipinski definition) is 4. The van der Waals surface area contributed by atoms with Crippen LogP contribution in [-0.2, 0) is 4.79 Å². The van der Waals surface area contributed by atoms with Crippen molar-refractivity contribution in [3.63, 3.8) is 0 Å². The molecule has 0 heterocycles. The van der Waals surface area contributed by atoms with E-state index in [1.54, 1.807) is 6.07 Å². The molecule has 6 heteroatoms. The first-order chi connectivity index (χ1) is 9.43. The third-order valence-electron chi connectivity index (χ3n) is 2.98. The number of anilines is 2. The van der Waals surface area contributed by atoms with Crippen molar-refractivity contribution in [1.29, 1.82) is 0 Å². The smallest absolute Gasteiger partial charge is 0.337 e. The summed E-state index contributed by atoms with van der Waals surface area (Å²) >= 11 is 0. The number of benzene rings is 1. The lowest BCUT2D eigenvalue weighted by molar-refractivity contribution is -0.121.